The Morgan fingerprint density at radius 3 is 2.08 bits per heavy atom. The second kappa shape index (κ2) is 12.4. The second-order valence-corrected chi connectivity index (χ2v) is 9.02. The molecule has 2 nitrogen and oxygen atoms in total. The maximum absolute atomic E-state index is 15.3. The van der Waals surface area contributed by atoms with Crippen molar-refractivity contribution >= 4 is 0 Å². The molecule has 3 aromatic carbocycles. The first kappa shape index (κ1) is 28.4. The monoisotopic (exact) mass is 524 g/mol. The summed E-state index contributed by atoms with van der Waals surface area (Å²) in [6.45, 7) is 3.95. The van der Waals surface area contributed by atoms with Crippen molar-refractivity contribution in [1.29, 1.82) is 0 Å². The van der Waals surface area contributed by atoms with Crippen LogP contribution in [0.4, 0.5) is 26.3 Å². The SMILES string of the molecule is CCCCCCc1ccc(OC(F)(F)c2c(F)cc(O)c(-c3ccc(CCCC)c(F)c3F)c2F)cc1. The third-order valence-corrected chi connectivity index (χ3v) is 6.21. The van der Waals surface area contributed by atoms with E-state index in [2.05, 4.69) is 11.7 Å². The fourth-order valence-electron chi connectivity index (χ4n) is 4.15. The topological polar surface area (TPSA) is 29.5 Å². The zero-order valence-corrected chi connectivity index (χ0v) is 20.8. The number of ether oxygens (including phenoxy) is 1. The van der Waals surface area contributed by atoms with Crippen LogP contribution in [0, 0.1) is 23.3 Å². The molecular formula is C29H30F6O2. The lowest BCUT2D eigenvalue weighted by Crippen LogP contribution is -2.25. The van der Waals surface area contributed by atoms with Gasteiger partial charge in [0.2, 0.25) is 0 Å². The smallest absolute Gasteiger partial charge is 0.432 e. The first-order valence-electron chi connectivity index (χ1n) is 12.4. The molecule has 0 saturated heterocycles. The van der Waals surface area contributed by atoms with E-state index >= 15 is 13.2 Å². The van der Waals surface area contributed by atoms with E-state index < -0.39 is 51.8 Å². The number of hydrogen-bond acceptors (Lipinski definition) is 2. The quantitative estimate of drug-likeness (QED) is 0.189. The molecule has 0 atom stereocenters. The minimum atomic E-state index is -4.52. The van der Waals surface area contributed by atoms with Crippen molar-refractivity contribution in [3.8, 4) is 22.6 Å². The van der Waals surface area contributed by atoms with Gasteiger partial charge in [0, 0.05) is 11.6 Å². The zero-order valence-electron chi connectivity index (χ0n) is 20.8. The molecule has 0 fully saturated rings. The Bertz CT molecular complexity index is 1210. The largest absolute Gasteiger partial charge is 0.507 e. The van der Waals surface area contributed by atoms with E-state index in [9.17, 15) is 18.3 Å². The normalized spacial score (nSPS) is 11.7. The number of aryl methyl sites for hydroxylation is 2. The Kier molecular flexibility index (Phi) is 9.51. The number of aromatic hydroxyl groups is 1. The predicted octanol–water partition coefficient (Wildman–Crippen LogP) is 9.21. The van der Waals surface area contributed by atoms with Gasteiger partial charge in [-0.1, -0.05) is 63.8 Å². The standard InChI is InChI=1S/C29H30F6O2/c1-3-5-7-8-9-18-11-14-20(15-12-18)37-29(34,35)25-22(30)17-23(36)24(28(25)33)21-16-13-19(10-6-4-2)26(31)27(21)32/h11-17,36H,3-10H2,1-2H3. The highest BCUT2D eigenvalue weighted by atomic mass is 19.3. The third kappa shape index (κ3) is 6.59. The summed E-state index contributed by atoms with van der Waals surface area (Å²) in [5, 5.41) is 10.1. The summed E-state index contributed by atoms with van der Waals surface area (Å²) in [6.07, 6.45) is 1.89. The molecule has 0 bridgehead atoms. The predicted molar refractivity (Wildman–Crippen MR) is 131 cm³/mol. The van der Waals surface area contributed by atoms with Crippen LogP contribution in [0.25, 0.3) is 11.1 Å². The van der Waals surface area contributed by atoms with E-state index in [1.165, 1.54) is 18.2 Å². The highest BCUT2D eigenvalue weighted by molar-refractivity contribution is 5.73. The molecule has 0 spiro atoms. The Labute approximate surface area is 212 Å². The lowest BCUT2D eigenvalue weighted by molar-refractivity contribution is -0.189. The van der Waals surface area contributed by atoms with E-state index in [0.717, 1.165) is 50.2 Å². The number of phenols is 1. The number of rotatable bonds is 12. The van der Waals surface area contributed by atoms with Gasteiger partial charge in [0.05, 0.1) is 5.56 Å². The molecule has 0 unspecified atom stereocenters. The molecule has 3 rings (SSSR count). The van der Waals surface area contributed by atoms with Crippen molar-refractivity contribution in [1.82, 2.24) is 0 Å². The van der Waals surface area contributed by atoms with Gasteiger partial charge in [-0.2, -0.15) is 8.78 Å². The molecule has 0 aliphatic heterocycles. The van der Waals surface area contributed by atoms with Crippen LogP contribution in [0.3, 0.4) is 0 Å². The van der Waals surface area contributed by atoms with Crippen LogP contribution in [-0.2, 0) is 19.0 Å². The minimum absolute atomic E-state index is 0.0211. The molecule has 3 aromatic rings. The van der Waals surface area contributed by atoms with Crippen LogP contribution in [0.15, 0.2) is 42.5 Å². The summed E-state index contributed by atoms with van der Waals surface area (Å²) in [5.41, 5.74) is -2.79. The van der Waals surface area contributed by atoms with Crippen LogP contribution in [0.2, 0.25) is 0 Å². The Morgan fingerprint density at radius 2 is 1.43 bits per heavy atom. The van der Waals surface area contributed by atoms with Crippen molar-refractivity contribution in [2.24, 2.45) is 0 Å². The van der Waals surface area contributed by atoms with Crippen molar-refractivity contribution in [2.45, 2.75) is 71.3 Å². The Balaban J connectivity index is 1.93. The number of benzene rings is 3. The summed E-state index contributed by atoms with van der Waals surface area (Å²) >= 11 is 0. The van der Waals surface area contributed by atoms with Gasteiger partial charge in [-0.3, -0.25) is 0 Å². The van der Waals surface area contributed by atoms with Crippen molar-refractivity contribution in [3.05, 3.63) is 82.4 Å². The van der Waals surface area contributed by atoms with Crippen LogP contribution in [0.1, 0.15) is 69.1 Å². The van der Waals surface area contributed by atoms with Gasteiger partial charge in [-0.15, -0.1) is 0 Å². The molecular weight excluding hydrogens is 494 g/mol. The van der Waals surface area contributed by atoms with Gasteiger partial charge >= 0.3 is 6.11 Å². The number of alkyl halides is 2. The second-order valence-electron chi connectivity index (χ2n) is 9.02. The summed E-state index contributed by atoms with van der Waals surface area (Å²) in [4.78, 5) is 0. The highest BCUT2D eigenvalue weighted by Gasteiger charge is 2.43. The number of hydrogen-bond donors (Lipinski definition) is 1. The van der Waals surface area contributed by atoms with Gasteiger partial charge < -0.3 is 9.84 Å². The van der Waals surface area contributed by atoms with Crippen LogP contribution >= 0.6 is 0 Å². The fraction of sp³-hybridized carbons (Fsp3) is 0.379. The molecule has 1 N–H and O–H groups in total. The molecule has 0 saturated carbocycles. The number of unbranched alkanes of at least 4 members (excludes halogenated alkanes) is 4. The first-order valence-corrected chi connectivity index (χ1v) is 12.4. The van der Waals surface area contributed by atoms with E-state index in [0.29, 0.717) is 6.42 Å². The summed E-state index contributed by atoms with van der Waals surface area (Å²) in [6, 6.07) is 8.10. The highest BCUT2D eigenvalue weighted by Crippen LogP contribution is 2.43. The average molecular weight is 525 g/mol. The van der Waals surface area contributed by atoms with Gasteiger partial charge in [0.25, 0.3) is 0 Å². The van der Waals surface area contributed by atoms with Gasteiger partial charge in [0.1, 0.15) is 22.9 Å². The van der Waals surface area contributed by atoms with E-state index in [1.54, 1.807) is 12.1 Å². The molecule has 37 heavy (non-hydrogen) atoms. The van der Waals surface area contributed by atoms with Crippen molar-refractivity contribution in [2.75, 3.05) is 0 Å². The maximum atomic E-state index is 15.3. The maximum Gasteiger partial charge on any atom is 0.432 e. The van der Waals surface area contributed by atoms with Gasteiger partial charge in [0.15, 0.2) is 17.5 Å². The van der Waals surface area contributed by atoms with E-state index in [-0.39, 0.29) is 23.8 Å². The van der Waals surface area contributed by atoms with Crippen molar-refractivity contribution in [3.63, 3.8) is 0 Å². The van der Waals surface area contributed by atoms with Gasteiger partial charge in [-0.05, 0) is 48.9 Å². The molecule has 0 heterocycles. The summed E-state index contributed by atoms with van der Waals surface area (Å²) in [7, 11) is 0. The molecule has 0 aliphatic rings. The number of halogens is 6. The van der Waals surface area contributed by atoms with Gasteiger partial charge in [-0.25, -0.2) is 17.6 Å². The van der Waals surface area contributed by atoms with Crippen LogP contribution < -0.4 is 4.74 Å². The summed E-state index contributed by atoms with van der Waals surface area (Å²) < 4.78 is 93.9. The molecule has 0 aromatic heterocycles. The molecule has 200 valence electrons. The zero-order chi connectivity index (χ0) is 27.2. The average Bonchev–Trinajstić information content (AvgIpc) is 2.84. The molecule has 0 aliphatic carbocycles. The number of phenolic OH excluding ortho intramolecular Hbond substituents is 1. The Morgan fingerprint density at radius 1 is 0.757 bits per heavy atom. The van der Waals surface area contributed by atoms with Crippen molar-refractivity contribution < 1.29 is 36.2 Å². The van der Waals surface area contributed by atoms with E-state index in [4.69, 9.17) is 0 Å². The van der Waals surface area contributed by atoms with Crippen LogP contribution in [0.5, 0.6) is 11.5 Å². The minimum Gasteiger partial charge on any atom is -0.507 e. The van der Waals surface area contributed by atoms with Crippen LogP contribution in [-0.4, -0.2) is 5.11 Å². The molecule has 8 heteroatoms. The van der Waals surface area contributed by atoms with E-state index in [1.807, 2.05) is 6.92 Å². The first-order chi connectivity index (χ1) is 17.6. The molecule has 0 radical (unpaired) electrons. The third-order valence-electron chi connectivity index (χ3n) is 6.21. The fourth-order valence-corrected chi connectivity index (χ4v) is 4.15. The molecule has 0 amide bonds. The lowest BCUT2D eigenvalue weighted by Gasteiger charge is -2.21. The Hall–Kier alpha value is -3.16. The lowest BCUT2D eigenvalue weighted by atomic mass is 9.96. The summed E-state index contributed by atoms with van der Waals surface area (Å²) in [5.74, 6) is -8.05.